The molecule has 1 saturated heterocycles. The standard InChI is InChI=1S/C22H22N4O6S4/c1-35(29,30)23-7-14-10-34-21-19(14)36(31,32)25-20(24-21)16-18(27)15-12-2-3-13(6-12)17(15)26(22(16)28)8-11-4-5-33-9-11/h2-5,9-10,12-13,15-17,23H,6-8H2,1H3,(H,24,25). The van der Waals surface area contributed by atoms with Gasteiger partial charge >= 0.3 is 0 Å². The van der Waals surface area contributed by atoms with Crippen LogP contribution in [0.15, 0.2) is 43.7 Å². The number of amidine groups is 1. The number of piperidine rings is 1. The molecule has 2 aliphatic carbocycles. The fraction of sp³-hybridized carbons (Fsp3) is 0.409. The summed E-state index contributed by atoms with van der Waals surface area (Å²) in [5.41, 5.74) is 1.20. The predicted octanol–water partition coefficient (Wildman–Crippen LogP) is 1.79. The van der Waals surface area contributed by atoms with Crippen LogP contribution in [0.25, 0.3) is 0 Å². The number of rotatable bonds is 6. The highest BCUT2D eigenvalue weighted by Gasteiger charge is 2.59. The molecule has 190 valence electrons. The van der Waals surface area contributed by atoms with Crippen LogP contribution in [0.3, 0.4) is 0 Å². The highest BCUT2D eigenvalue weighted by Crippen LogP contribution is 2.51. The molecule has 2 N–H and O–H groups in total. The third-order valence-electron chi connectivity index (χ3n) is 7.19. The summed E-state index contributed by atoms with van der Waals surface area (Å²) in [6.45, 7) is 0.126. The molecule has 0 radical (unpaired) electrons. The van der Waals surface area contributed by atoms with Crippen molar-refractivity contribution >= 4 is 65.2 Å². The fourth-order valence-corrected chi connectivity index (χ4v) is 9.49. The Morgan fingerprint density at radius 3 is 2.72 bits per heavy atom. The minimum atomic E-state index is -4.28. The maximum Gasteiger partial charge on any atom is 0.287 e. The number of sulfonamides is 2. The lowest BCUT2D eigenvalue weighted by Crippen LogP contribution is -2.60. The first kappa shape index (κ1) is 24.0. The van der Waals surface area contributed by atoms with Gasteiger partial charge in [0.1, 0.15) is 15.7 Å². The van der Waals surface area contributed by atoms with E-state index in [1.54, 1.807) is 4.90 Å². The van der Waals surface area contributed by atoms with E-state index in [1.807, 2.05) is 22.9 Å². The molecule has 2 aliphatic heterocycles. The summed E-state index contributed by atoms with van der Waals surface area (Å²) in [7, 11) is -7.82. The van der Waals surface area contributed by atoms with Crippen molar-refractivity contribution in [2.24, 2.45) is 28.1 Å². The van der Waals surface area contributed by atoms with Gasteiger partial charge in [-0.3, -0.25) is 9.59 Å². The number of amides is 1. The lowest BCUT2D eigenvalue weighted by molar-refractivity contribution is -0.151. The molecule has 6 rings (SSSR count). The van der Waals surface area contributed by atoms with Gasteiger partial charge in [-0.1, -0.05) is 12.2 Å². The van der Waals surface area contributed by atoms with E-state index in [2.05, 4.69) is 20.5 Å². The van der Waals surface area contributed by atoms with Crippen molar-refractivity contribution in [2.45, 2.75) is 30.4 Å². The summed E-state index contributed by atoms with van der Waals surface area (Å²) in [5.74, 6) is -2.58. The van der Waals surface area contributed by atoms with Gasteiger partial charge in [-0.15, -0.1) is 15.7 Å². The number of allylic oxidation sites excluding steroid dienone is 1. The van der Waals surface area contributed by atoms with Gasteiger partial charge in [0.25, 0.3) is 10.0 Å². The Morgan fingerprint density at radius 2 is 2.00 bits per heavy atom. The quantitative estimate of drug-likeness (QED) is 0.401. The Morgan fingerprint density at radius 1 is 1.22 bits per heavy atom. The number of hydrogen-bond donors (Lipinski definition) is 2. The Kier molecular flexibility index (Phi) is 5.54. The molecule has 5 atom stereocenters. The molecule has 5 unspecified atom stereocenters. The average molecular weight is 567 g/mol. The van der Waals surface area contributed by atoms with Crippen LogP contribution < -0.4 is 10.0 Å². The Hall–Kier alpha value is -2.39. The second kappa shape index (κ2) is 8.31. The summed E-state index contributed by atoms with van der Waals surface area (Å²) in [6.07, 6.45) is 5.89. The molecule has 2 fully saturated rings. The smallest absolute Gasteiger partial charge is 0.287 e. The maximum atomic E-state index is 13.8. The maximum absolute atomic E-state index is 13.8. The van der Waals surface area contributed by atoms with Gasteiger partial charge in [0.2, 0.25) is 15.9 Å². The second-order valence-electron chi connectivity index (χ2n) is 9.49. The zero-order chi connectivity index (χ0) is 25.4. The predicted molar refractivity (Wildman–Crippen MR) is 136 cm³/mol. The number of nitrogens with zero attached hydrogens (tertiary/aromatic N) is 2. The van der Waals surface area contributed by atoms with E-state index in [9.17, 15) is 26.4 Å². The van der Waals surface area contributed by atoms with Crippen molar-refractivity contribution < 1.29 is 26.4 Å². The molecule has 14 heteroatoms. The molecule has 2 bridgehead atoms. The van der Waals surface area contributed by atoms with Gasteiger partial charge in [-0.2, -0.15) is 19.8 Å². The van der Waals surface area contributed by atoms with Crippen LogP contribution in [0.2, 0.25) is 0 Å². The van der Waals surface area contributed by atoms with Gasteiger partial charge in [-0.05, 0) is 46.0 Å². The zero-order valence-corrected chi connectivity index (χ0v) is 22.2. The average Bonchev–Trinajstić information content (AvgIpc) is 3.58. The Labute approximate surface area is 216 Å². The summed E-state index contributed by atoms with van der Waals surface area (Å²) < 4.78 is 55.5. The molecule has 1 saturated carbocycles. The largest absolute Gasteiger partial charge is 0.333 e. The Bertz CT molecular complexity index is 1540. The van der Waals surface area contributed by atoms with E-state index in [0.717, 1.165) is 29.6 Å². The number of nitrogens with one attached hydrogen (secondary N) is 2. The van der Waals surface area contributed by atoms with E-state index in [4.69, 9.17) is 0 Å². The summed E-state index contributed by atoms with van der Waals surface area (Å²) in [6, 6.07) is 1.69. The number of carbonyl (C=O) groups excluding carboxylic acids is 2. The molecular formula is C22H22N4O6S4. The molecule has 4 heterocycles. The first-order valence-electron chi connectivity index (χ1n) is 11.2. The number of hydrogen-bond acceptors (Lipinski definition) is 9. The van der Waals surface area contributed by atoms with Crippen LogP contribution in [-0.2, 0) is 42.7 Å². The molecule has 10 nitrogen and oxygen atoms in total. The monoisotopic (exact) mass is 566 g/mol. The van der Waals surface area contributed by atoms with Crippen LogP contribution in [0.4, 0.5) is 5.00 Å². The summed E-state index contributed by atoms with van der Waals surface area (Å²) >= 11 is 2.58. The van der Waals surface area contributed by atoms with Crippen LogP contribution >= 0.6 is 22.7 Å². The van der Waals surface area contributed by atoms with Gasteiger partial charge in [0.05, 0.1) is 6.26 Å². The van der Waals surface area contributed by atoms with Crippen molar-refractivity contribution in [3.8, 4) is 0 Å². The molecule has 4 aliphatic rings. The minimum absolute atomic E-state index is 0.0137. The fourth-order valence-electron chi connectivity index (χ4n) is 5.76. The number of fused-ring (bicyclic) bond motifs is 6. The van der Waals surface area contributed by atoms with Crippen LogP contribution in [0, 0.1) is 23.7 Å². The third-order valence-corrected chi connectivity index (χ3v) is 11.1. The van der Waals surface area contributed by atoms with Gasteiger partial charge in [0.15, 0.2) is 11.7 Å². The number of carbonyl (C=O) groups is 2. The lowest BCUT2D eigenvalue weighted by Gasteiger charge is -2.44. The number of ketones is 1. The first-order valence-corrected chi connectivity index (χ1v) is 16.4. The van der Waals surface area contributed by atoms with Crippen molar-refractivity contribution in [3.63, 3.8) is 0 Å². The summed E-state index contributed by atoms with van der Waals surface area (Å²) in [5, 5.41) is 8.56. The molecule has 2 aromatic heterocycles. The Balaban J connectivity index is 1.36. The van der Waals surface area contributed by atoms with Gasteiger partial charge in [-0.25, -0.2) is 13.1 Å². The molecule has 2 aromatic rings. The first-order chi connectivity index (χ1) is 17.0. The molecular weight excluding hydrogens is 545 g/mol. The molecule has 36 heavy (non-hydrogen) atoms. The normalized spacial score (nSPS) is 30.2. The summed E-state index contributed by atoms with van der Waals surface area (Å²) in [4.78, 5) is 29.1. The van der Waals surface area contributed by atoms with E-state index < -0.39 is 37.8 Å². The van der Waals surface area contributed by atoms with E-state index >= 15 is 0 Å². The van der Waals surface area contributed by atoms with Crippen LogP contribution in [0.5, 0.6) is 0 Å². The van der Waals surface area contributed by atoms with Crippen LogP contribution in [0.1, 0.15) is 17.5 Å². The van der Waals surface area contributed by atoms with E-state index in [0.29, 0.717) is 6.54 Å². The van der Waals surface area contributed by atoms with E-state index in [-0.39, 0.29) is 51.5 Å². The van der Waals surface area contributed by atoms with Crippen molar-refractivity contribution in [2.75, 3.05) is 11.6 Å². The second-order valence-corrected chi connectivity index (χ2v) is 14.5. The SMILES string of the molecule is CS(=O)(=O)NCc1csc2c1S(=O)(=O)N=C(C1C(=O)C3C4C=CC(C4)C3N(Cc3ccsc3)C1=O)N2. The van der Waals surface area contributed by atoms with Crippen molar-refractivity contribution in [1.29, 1.82) is 0 Å². The number of likely N-dealkylation sites (tertiary alicyclic amines) is 1. The highest BCUT2D eigenvalue weighted by molar-refractivity contribution is 7.91. The zero-order valence-electron chi connectivity index (χ0n) is 18.9. The third kappa shape index (κ3) is 3.86. The number of Topliss-reactive ketones (excluding diaryl/α,β-unsaturated/α-hetero) is 1. The van der Waals surface area contributed by atoms with Crippen molar-refractivity contribution in [1.82, 2.24) is 9.62 Å². The molecule has 0 aromatic carbocycles. The highest BCUT2D eigenvalue weighted by atomic mass is 32.2. The van der Waals surface area contributed by atoms with Gasteiger partial charge in [0, 0.05) is 30.6 Å². The van der Waals surface area contributed by atoms with Gasteiger partial charge < -0.3 is 10.2 Å². The van der Waals surface area contributed by atoms with E-state index in [1.165, 1.54) is 16.7 Å². The molecule has 1 amide bonds. The number of anilines is 1. The van der Waals surface area contributed by atoms with Crippen LogP contribution in [-0.4, -0.2) is 51.6 Å². The molecule has 0 spiro atoms. The number of thiophene rings is 2. The topological polar surface area (TPSA) is 142 Å². The lowest BCUT2D eigenvalue weighted by atomic mass is 9.75. The van der Waals surface area contributed by atoms with Crippen molar-refractivity contribution in [3.05, 3.63) is 45.5 Å². The minimum Gasteiger partial charge on any atom is -0.333 e.